The molecule has 7 heteroatoms. The second kappa shape index (κ2) is 9.73. The molecule has 1 heterocycles. The third-order valence-corrected chi connectivity index (χ3v) is 6.87. The molecule has 1 fully saturated rings. The summed E-state index contributed by atoms with van der Waals surface area (Å²) in [6.07, 6.45) is 5.43. The topological polar surface area (TPSA) is 77.1 Å². The number of ether oxygens (including phenoxy) is 3. The Morgan fingerprint density at radius 3 is 2.18 bits per heavy atom. The lowest BCUT2D eigenvalue weighted by molar-refractivity contribution is -0.125. The number of benzene rings is 2. The number of amides is 2. The summed E-state index contributed by atoms with van der Waals surface area (Å²) in [6, 6.07) is 10.7. The van der Waals surface area contributed by atoms with Gasteiger partial charge in [-0.3, -0.25) is 9.59 Å². The van der Waals surface area contributed by atoms with Gasteiger partial charge in [-0.15, -0.1) is 0 Å². The first kappa shape index (κ1) is 23.0. The van der Waals surface area contributed by atoms with Crippen LogP contribution in [0.15, 0.2) is 36.4 Å². The van der Waals surface area contributed by atoms with Gasteiger partial charge in [0.15, 0.2) is 11.5 Å². The van der Waals surface area contributed by atoms with Crippen molar-refractivity contribution in [2.24, 2.45) is 0 Å². The fraction of sp³-hybridized carbons (Fsp3) is 0.462. The van der Waals surface area contributed by atoms with E-state index in [1.807, 2.05) is 24.3 Å². The third kappa shape index (κ3) is 4.36. The van der Waals surface area contributed by atoms with Crippen LogP contribution in [0.4, 0.5) is 0 Å². The van der Waals surface area contributed by atoms with E-state index in [0.29, 0.717) is 22.6 Å². The standard InChI is InChI=1S/C26H32N2O5/c1-28-24(16-10-12-18(31-2)13-11-16)23(25(29)27-17-8-6-5-7-9-17)19-14-21(32-3)22(33-4)15-20(19)26(28)30/h10-15,17,23-24H,5-9H2,1-4H3,(H,27,29)/t23-,24-/m0/s1. The van der Waals surface area contributed by atoms with Gasteiger partial charge in [-0.1, -0.05) is 31.4 Å². The first-order valence-corrected chi connectivity index (χ1v) is 11.5. The summed E-state index contributed by atoms with van der Waals surface area (Å²) in [5.41, 5.74) is 1.99. The van der Waals surface area contributed by atoms with Crippen molar-refractivity contribution < 1.29 is 23.8 Å². The fourth-order valence-electron chi connectivity index (χ4n) is 5.09. The molecule has 0 saturated heterocycles. The number of nitrogens with one attached hydrogen (secondary N) is 1. The summed E-state index contributed by atoms with van der Waals surface area (Å²) in [5, 5.41) is 3.28. The molecule has 2 aromatic rings. The SMILES string of the molecule is COc1ccc([C@H]2[C@@H](C(=O)NC3CCCCC3)c3cc(OC)c(OC)cc3C(=O)N2C)cc1. The quantitative estimate of drug-likeness (QED) is 0.715. The van der Waals surface area contributed by atoms with Crippen LogP contribution in [0.2, 0.25) is 0 Å². The Hall–Kier alpha value is -3.22. The predicted molar refractivity (Wildman–Crippen MR) is 125 cm³/mol. The van der Waals surface area contributed by atoms with E-state index in [1.165, 1.54) is 13.5 Å². The van der Waals surface area contributed by atoms with Crippen LogP contribution in [0.5, 0.6) is 17.2 Å². The molecular formula is C26H32N2O5. The van der Waals surface area contributed by atoms with Crippen LogP contribution in [-0.4, -0.2) is 51.1 Å². The van der Waals surface area contributed by atoms with Gasteiger partial charge in [0.1, 0.15) is 5.75 Å². The largest absolute Gasteiger partial charge is 0.497 e. The molecule has 0 aromatic heterocycles. The van der Waals surface area contributed by atoms with Gasteiger partial charge in [-0.2, -0.15) is 0 Å². The highest BCUT2D eigenvalue weighted by molar-refractivity contribution is 6.02. The maximum atomic E-state index is 13.8. The monoisotopic (exact) mass is 452 g/mol. The lowest BCUT2D eigenvalue weighted by atomic mass is 9.78. The second-order valence-corrected chi connectivity index (χ2v) is 8.75. The third-order valence-electron chi connectivity index (χ3n) is 6.87. The molecule has 33 heavy (non-hydrogen) atoms. The van der Waals surface area contributed by atoms with E-state index in [1.54, 1.807) is 38.3 Å². The zero-order chi connectivity index (χ0) is 23.5. The van der Waals surface area contributed by atoms with Crippen LogP contribution < -0.4 is 19.5 Å². The smallest absolute Gasteiger partial charge is 0.254 e. The van der Waals surface area contributed by atoms with Crippen molar-refractivity contribution in [2.45, 2.75) is 50.1 Å². The molecule has 176 valence electrons. The van der Waals surface area contributed by atoms with E-state index < -0.39 is 12.0 Å². The van der Waals surface area contributed by atoms with Gasteiger partial charge >= 0.3 is 0 Å². The molecule has 0 bridgehead atoms. The number of methoxy groups -OCH3 is 3. The van der Waals surface area contributed by atoms with Crippen LogP contribution >= 0.6 is 0 Å². The van der Waals surface area contributed by atoms with Gasteiger partial charge in [0.25, 0.3) is 5.91 Å². The highest BCUT2D eigenvalue weighted by Crippen LogP contribution is 2.46. The van der Waals surface area contributed by atoms with Crippen LogP contribution in [0.3, 0.4) is 0 Å². The van der Waals surface area contributed by atoms with E-state index >= 15 is 0 Å². The minimum absolute atomic E-state index is 0.0736. The number of fused-ring (bicyclic) bond motifs is 1. The van der Waals surface area contributed by atoms with E-state index in [4.69, 9.17) is 14.2 Å². The summed E-state index contributed by atoms with van der Waals surface area (Å²) >= 11 is 0. The van der Waals surface area contributed by atoms with Crippen molar-refractivity contribution in [2.75, 3.05) is 28.4 Å². The molecule has 1 aliphatic heterocycles. The Labute approximate surface area is 195 Å². The summed E-state index contributed by atoms with van der Waals surface area (Å²) in [7, 11) is 6.45. The van der Waals surface area contributed by atoms with Crippen molar-refractivity contribution in [1.82, 2.24) is 10.2 Å². The predicted octanol–water partition coefficient (Wildman–Crippen LogP) is 4.07. The Kier molecular flexibility index (Phi) is 6.77. The zero-order valence-electron chi connectivity index (χ0n) is 19.7. The number of likely N-dealkylation sites (N-methyl/N-ethyl adjacent to an activating group) is 1. The van der Waals surface area contributed by atoms with Crippen LogP contribution in [0.25, 0.3) is 0 Å². The van der Waals surface area contributed by atoms with Gasteiger partial charge in [-0.25, -0.2) is 0 Å². The first-order valence-electron chi connectivity index (χ1n) is 11.5. The van der Waals surface area contributed by atoms with E-state index in [0.717, 1.165) is 37.0 Å². The molecule has 7 nitrogen and oxygen atoms in total. The van der Waals surface area contributed by atoms with Gasteiger partial charge in [0.05, 0.1) is 33.3 Å². The number of hydrogen-bond donors (Lipinski definition) is 1. The minimum Gasteiger partial charge on any atom is -0.497 e. The van der Waals surface area contributed by atoms with E-state index in [9.17, 15) is 9.59 Å². The Morgan fingerprint density at radius 2 is 1.58 bits per heavy atom. The Bertz CT molecular complexity index is 1010. The molecule has 0 unspecified atom stereocenters. The van der Waals surface area contributed by atoms with E-state index in [2.05, 4.69) is 5.32 Å². The lowest BCUT2D eigenvalue weighted by Crippen LogP contribution is -2.48. The highest BCUT2D eigenvalue weighted by Gasteiger charge is 2.44. The molecule has 1 saturated carbocycles. The van der Waals surface area contributed by atoms with Crippen molar-refractivity contribution in [3.63, 3.8) is 0 Å². The summed E-state index contributed by atoms with van der Waals surface area (Å²) in [5.74, 6) is 0.866. The van der Waals surface area contributed by atoms with Crippen LogP contribution in [-0.2, 0) is 4.79 Å². The van der Waals surface area contributed by atoms with Crippen molar-refractivity contribution in [1.29, 1.82) is 0 Å². The molecular weight excluding hydrogens is 420 g/mol. The minimum atomic E-state index is -0.585. The highest BCUT2D eigenvalue weighted by atomic mass is 16.5. The molecule has 1 N–H and O–H groups in total. The maximum absolute atomic E-state index is 13.8. The number of carbonyl (C=O) groups is 2. The van der Waals surface area contributed by atoms with Gasteiger partial charge in [0.2, 0.25) is 5.91 Å². The van der Waals surface area contributed by atoms with Gasteiger partial charge in [-0.05, 0) is 48.2 Å². The van der Waals surface area contributed by atoms with Crippen molar-refractivity contribution in [3.05, 3.63) is 53.1 Å². The molecule has 2 aromatic carbocycles. The molecule has 2 atom stereocenters. The van der Waals surface area contributed by atoms with Gasteiger partial charge < -0.3 is 24.4 Å². The molecule has 1 aliphatic carbocycles. The van der Waals surface area contributed by atoms with Crippen LogP contribution in [0, 0.1) is 0 Å². The number of nitrogens with zero attached hydrogens (tertiary/aromatic N) is 1. The van der Waals surface area contributed by atoms with Crippen molar-refractivity contribution in [3.8, 4) is 17.2 Å². The molecule has 2 amide bonds. The van der Waals surface area contributed by atoms with Gasteiger partial charge in [0, 0.05) is 18.7 Å². The average Bonchev–Trinajstić information content (AvgIpc) is 2.85. The maximum Gasteiger partial charge on any atom is 0.254 e. The lowest BCUT2D eigenvalue weighted by Gasteiger charge is -2.40. The Balaban J connectivity index is 1.82. The average molecular weight is 453 g/mol. The summed E-state index contributed by atoms with van der Waals surface area (Å²) in [6.45, 7) is 0. The molecule has 0 radical (unpaired) electrons. The van der Waals surface area contributed by atoms with Crippen molar-refractivity contribution >= 4 is 11.8 Å². The fourth-order valence-corrected chi connectivity index (χ4v) is 5.09. The Morgan fingerprint density at radius 1 is 0.939 bits per heavy atom. The number of rotatable bonds is 6. The summed E-state index contributed by atoms with van der Waals surface area (Å²) < 4.78 is 16.2. The normalized spacial score (nSPS) is 20.7. The first-order chi connectivity index (χ1) is 16.0. The molecule has 4 rings (SSSR count). The van der Waals surface area contributed by atoms with E-state index in [-0.39, 0.29) is 17.9 Å². The summed E-state index contributed by atoms with van der Waals surface area (Å²) in [4.78, 5) is 28.9. The second-order valence-electron chi connectivity index (χ2n) is 8.75. The molecule has 2 aliphatic rings. The van der Waals surface area contributed by atoms with Crippen LogP contribution in [0.1, 0.15) is 65.5 Å². The number of carbonyl (C=O) groups excluding carboxylic acids is 2. The zero-order valence-corrected chi connectivity index (χ0v) is 19.7. The molecule has 0 spiro atoms. The number of hydrogen-bond acceptors (Lipinski definition) is 5.